The highest BCUT2D eigenvalue weighted by Gasteiger charge is 2.23. The summed E-state index contributed by atoms with van der Waals surface area (Å²) in [5, 5.41) is 3.51. The first kappa shape index (κ1) is 17.5. The molecule has 4 nitrogen and oxygen atoms in total. The van der Waals surface area contributed by atoms with E-state index in [1.165, 1.54) is 6.92 Å². The molecule has 0 bridgehead atoms. The Morgan fingerprint density at radius 1 is 1.19 bits per heavy atom. The lowest BCUT2D eigenvalue weighted by atomic mass is 10.1. The van der Waals surface area contributed by atoms with E-state index in [1.807, 2.05) is 26.0 Å². The summed E-state index contributed by atoms with van der Waals surface area (Å²) in [6.07, 6.45) is 0. The van der Waals surface area contributed by atoms with Crippen molar-refractivity contribution in [2.24, 2.45) is 5.92 Å². The summed E-state index contributed by atoms with van der Waals surface area (Å²) in [5.74, 6) is 0.119. The Balaban J connectivity index is 2.74. The lowest BCUT2D eigenvalue weighted by Gasteiger charge is -2.27. The zero-order valence-corrected chi connectivity index (χ0v) is 13.8. The smallest absolute Gasteiger partial charge is 0.242 e. The molecule has 0 aliphatic heterocycles. The van der Waals surface area contributed by atoms with Crippen LogP contribution in [0.4, 0.5) is 0 Å². The van der Waals surface area contributed by atoms with Gasteiger partial charge in [-0.3, -0.25) is 9.59 Å². The Labute approximate surface area is 131 Å². The van der Waals surface area contributed by atoms with Crippen LogP contribution in [0.3, 0.4) is 0 Å². The Morgan fingerprint density at radius 3 is 2.24 bits per heavy atom. The topological polar surface area (TPSA) is 49.4 Å². The van der Waals surface area contributed by atoms with Crippen LogP contribution < -0.4 is 5.32 Å². The second kappa shape index (κ2) is 8.03. The molecule has 1 unspecified atom stereocenters. The molecule has 1 rings (SSSR count). The molecule has 0 aliphatic rings. The molecule has 0 aromatic heterocycles. The second-order valence-electron chi connectivity index (χ2n) is 5.59. The maximum atomic E-state index is 12.1. The van der Waals surface area contributed by atoms with Crippen molar-refractivity contribution in [2.45, 2.75) is 40.3 Å². The number of benzene rings is 1. The molecule has 0 radical (unpaired) electrons. The molecule has 1 aromatic carbocycles. The molecule has 1 N–H and O–H groups in total. The van der Waals surface area contributed by atoms with Gasteiger partial charge in [0.1, 0.15) is 6.04 Å². The third kappa shape index (κ3) is 5.76. The van der Waals surface area contributed by atoms with Crippen LogP contribution in [0, 0.1) is 5.92 Å². The van der Waals surface area contributed by atoms with E-state index >= 15 is 0 Å². The number of carbonyl (C=O) groups is 2. The van der Waals surface area contributed by atoms with Gasteiger partial charge in [-0.15, -0.1) is 0 Å². The quantitative estimate of drug-likeness (QED) is 0.878. The van der Waals surface area contributed by atoms with Gasteiger partial charge in [0.2, 0.25) is 11.8 Å². The molecule has 0 saturated heterocycles. The molecular weight excluding hydrogens is 288 g/mol. The van der Waals surface area contributed by atoms with Crippen molar-refractivity contribution in [3.8, 4) is 0 Å². The van der Waals surface area contributed by atoms with Crippen molar-refractivity contribution in [2.75, 3.05) is 6.54 Å². The minimum Gasteiger partial charge on any atom is -0.354 e. The fourth-order valence-electron chi connectivity index (χ4n) is 1.90. The summed E-state index contributed by atoms with van der Waals surface area (Å²) in [6.45, 7) is 8.27. The molecule has 0 fully saturated rings. The van der Waals surface area contributed by atoms with Crippen molar-refractivity contribution < 1.29 is 9.59 Å². The molecule has 0 saturated carbocycles. The van der Waals surface area contributed by atoms with Crippen LogP contribution in [-0.4, -0.2) is 29.3 Å². The van der Waals surface area contributed by atoms with Gasteiger partial charge in [0.25, 0.3) is 0 Å². The highest BCUT2D eigenvalue weighted by molar-refractivity contribution is 6.30. The van der Waals surface area contributed by atoms with Crippen LogP contribution in [0.5, 0.6) is 0 Å². The van der Waals surface area contributed by atoms with Gasteiger partial charge in [0.15, 0.2) is 0 Å². The van der Waals surface area contributed by atoms with Gasteiger partial charge >= 0.3 is 0 Å². The molecule has 5 heteroatoms. The Bertz CT molecular complexity index is 486. The van der Waals surface area contributed by atoms with Crippen LogP contribution in [0.2, 0.25) is 5.02 Å². The zero-order valence-electron chi connectivity index (χ0n) is 13.0. The van der Waals surface area contributed by atoms with Crippen molar-refractivity contribution >= 4 is 23.4 Å². The normalized spacial score (nSPS) is 12.1. The molecule has 116 valence electrons. The lowest BCUT2D eigenvalue weighted by molar-refractivity contribution is -0.139. The number of amides is 2. The summed E-state index contributed by atoms with van der Waals surface area (Å²) in [6, 6.07) is 6.77. The number of nitrogens with one attached hydrogen (secondary N) is 1. The van der Waals surface area contributed by atoms with Crippen molar-refractivity contribution in [1.29, 1.82) is 0 Å². The number of hydrogen-bond donors (Lipinski definition) is 1. The highest BCUT2D eigenvalue weighted by atomic mass is 35.5. The molecule has 0 heterocycles. The van der Waals surface area contributed by atoms with Crippen molar-refractivity contribution in [3.63, 3.8) is 0 Å². The molecule has 0 spiro atoms. The standard InChI is InChI=1S/C16H23ClN2O2/c1-11(2)9-18-16(21)12(3)19(13(4)20)10-14-5-7-15(17)8-6-14/h5-8,11-12H,9-10H2,1-4H3,(H,18,21). The fourth-order valence-corrected chi connectivity index (χ4v) is 2.03. The van der Waals surface area contributed by atoms with E-state index in [9.17, 15) is 9.59 Å². The van der Waals surface area contributed by atoms with Gasteiger partial charge in [-0.05, 0) is 30.5 Å². The van der Waals surface area contributed by atoms with Crippen molar-refractivity contribution in [3.05, 3.63) is 34.9 Å². The maximum absolute atomic E-state index is 12.1. The first-order chi connectivity index (χ1) is 9.81. The Morgan fingerprint density at radius 2 is 1.76 bits per heavy atom. The van der Waals surface area contributed by atoms with Crippen LogP contribution in [-0.2, 0) is 16.1 Å². The second-order valence-corrected chi connectivity index (χ2v) is 6.02. The zero-order chi connectivity index (χ0) is 16.0. The van der Waals surface area contributed by atoms with E-state index < -0.39 is 6.04 Å². The van der Waals surface area contributed by atoms with Crippen molar-refractivity contribution in [1.82, 2.24) is 10.2 Å². The van der Waals surface area contributed by atoms with E-state index in [-0.39, 0.29) is 11.8 Å². The van der Waals surface area contributed by atoms with E-state index in [1.54, 1.807) is 24.0 Å². The first-order valence-electron chi connectivity index (χ1n) is 7.10. The van der Waals surface area contributed by atoms with E-state index in [2.05, 4.69) is 5.32 Å². The molecule has 21 heavy (non-hydrogen) atoms. The summed E-state index contributed by atoms with van der Waals surface area (Å²) in [5.41, 5.74) is 0.943. The van der Waals surface area contributed by atoms with Gasteiger partial charge in [0.05, 0.1) is 0 Å². The van der Waals surface area contributed by atoms with Crippen LogP contribution in [0.15, 0.2) is 24.3 Å². The van der Waals surface area contributed by atoms with Gasteiger partial charge in [0, 0.05) is 25.0 Å². The predicted molar refractivity (Wildman–Crippen MR) is 85.0 cm³/mol. The Hall–Kier alpha value is -1.55. The predicted octanol–water partition coefficient (Wildman–Crippen LogP) is 2.85. The minimum absolute atomic E-state index is 0.128. The minimum atomic E-state index is -0.503. The van der Waals surface area contributed by atoms with E-state index in [0.29, 0.717) is 24.0 Å². The summed E-state index contributed by atoms with van der Waals surface area (Å²) in [7, 11) is 0. The summed E-state index contributed by atoms with van der Waals surface area (Å²) < 4.78 is 0. The molecule has 0 aliphatic carbocycles. The number of carbonyl (C=O) groups excluding carboxylic acids is 2. The fraction of sp³-hybridized carbons (Fsp3) is 0.500. The molecule has 2 amide bonds. The third-order valence-electron chi connectivity index (χ3n) is 3.20. The average Bonchev–Trinajstić information content (AvgIpc) is 2.43. The van der Waals surface area contributed by atoms with Gasteiger partial charge in [-0.2, -0.15) is 0 Å². The summed E-state index contributed by atoms with van der Waals surface area (Å²) in [4.78, 5) is 25.5. The van der Waals surface area contributed by atoms with Gasteiger partial charge in [-0.25, -0.2) is 0 Å². The third-order valence-corrected chi connectivity index (χ3v) is 3.45. The van der Waals surface area contributed by atoms with Crippen LogP contribution in [0.1, 0.15) is 33.3 Å². The number of rotatable bonds is 6. The molecular formula is C16H23ClN2O2. The molecule has 1 atom stereocenters. The van der Waals surface area contributed by atoms with Gasteiger partial charge in [-0.1, -0.05) is 37.6 Å². The number of hydrogen-bond acceptors (Lipinski definition) is 2. The maximum Gasteiger partial charge on any atom is 0.242 e. The first-order valence-corrected chi connectivity index (χ1v) is 7.48. The lowest BCUT2D eigenvalue weighted by Crippen LogP contribution is -2.47. The largest absolute Gasteiger partial charge is 0.354 e. The molecule has 1 aromatic rings. The van der Waals surface area contributed by atoms with E-state index in [4.69, 9.17) is 11.6 Å². The van der Waals surface area contributed by atoms with Crippen LogP contribution >= 0.6 is 11.6 Å². The van der Waals surface area contributed by atoms with Crippen LogP contribution in [0.25, 0.3) is 0 Å². The monoisotopic (exact) mass is 310 g/mol. The van der Waals surface area contributed by atoms with Gasteiger partial charge < -0.3 is 10.2 Å². The Kier molecular flexibility index (Phi) is 6.69. The SMILES string of the molecule is CC(=O)N(Cc1ccc(Cl)cc1)C(C)C(=O)NCC(C)C. The average molecular weight is 311 g/mol. The summed E-state index contributed by atoms with van der Waals surface area (Å²) >= 11 is 5.85. The number of nitrogens with zero attached hydrogens (tertiary/aromatic N) is 1. The van der Waals surface area contributed by atoms with E-state index in [0.717, 1.165) is 5.56 Å². The highest BCUT2D eigenvalue weighted by Crippen LogP contribution is 2.13. The number of halogens is 1.